The summed E-state index contributed by atoms with van der Waals surface area (Å²) in [6.07, 6.45) is 0. The van der Waals surface area contributed by atoms with Crippen molar-refractivity contribution < 1.29 is 0 Å². The predicted octanol–water partition coefficient (Wildman–Crippen LogP) is 17.2. The molecule has 0 N–H and O–H groups in total. The maximum Gasteiger partial charge on any atom is 0.0728 e. The fourth-order valence-corrected chi connectivity index (χ4v) is 9.22. The smallest absolute Gasteiger partial charge is 0.0728 e. The first-order chi connectivity index (χ1) is 31.9. The van der Waals surface area contributed by atoms with Gasteiger partial charge in [-0.2, -0.15) is 0 Å². The van der Waals surface area contributed by atoms with Crippen molar-refractivity contribution in [3.05, 3.63) is 216 Å². The van der Waals surface area contributed by atoms with E-state index < -0.39 is 5.41 Å². The van der Waals surface area contributed by atoms with Crippen LogP contribution in [-0.2, 0) is 5.41 Å². The van der Waals surface area contributed by atoms with Gasteiger partial charge in [0, 0.05) is 73.7 Å². The number of rotatable bonds is 8. The monoisotopic (exact) mass is 857 g/mol. The van der Waals surface area contributed by atoms with Crippen molar-refractivity contribution in [1.29, 1.82) is 0 Å². The molecule has 0 heterocycles. The summed E-state index contributed by atoms with van der Waals surface area (Å²) in [4.78, 5) is 9.23. The Bertz CT molecular complexity index is 2360. The summed E-state index contributed by atoms with van der Waals surface area (Å²) in [7, 11) is 8.70. The predicted molar refractivity (Wildman–Crippen MR) is 286 cm³/mol. The van der Waals surface area contributed by atoms with Crippen LogP contribution in [0.5, 0.6) is 0 Å². The van der Waals surface area contributed by atoms with Gasteiger partial charge in [-0.15, -0.1) is 0 Å². The number of para-hydroxylation sites is 4. The standard InChI is InChI=1S/C53H44N4.4C2H6/c1-54(37-17-9-5-10-18-37)41-25-29-45-46-30-26-42(55(2)38-19-11-6-12-20-38)34-50(46)53(49(45)33-41)51-35-43(56(3)39-21-13-7-14-22-39)27-31-47(51)48-32-28-44(36-52(48)53)57(4)40-23-15-8-16-24-40;4*1-2/h5-36H,1-4H3;4*1-2H3. The Morgan fingerprint density at radius 2 is 0.415 bits per heavy atom. The molecular formula is C61H68N4. The maximum absolute atomic E-state index is 2.46. The van der Waals surface area contributed by atoms with Crippen LogP contribution >= 0.6 is 0 Å². The molecule has 8 aromatic rings. The first-order valence-electron chi connectivity index (χ1n) is 23.7. The van der Waals surface area contributed by atoms with E-state index in [1.807, 2.05) is 55.4 Å². The van der Waals surface area contributed by atoms with Gasteiger partial charge in [-0.05, 0) is 142 Å². The van der Waals surface area contributed by atoms with Gasteiger partial charge >= 0.3 is 0 Å². The molecule has 0 bridgehead atoms. The van der Waals surface area contributed by atoms with Crippen LogP contribution in [0.3, 0.4) is 0 Å². The van der Waals surface area contributed by atoms with Gasteiger partial charge in [0.25, 0.3) is 0 Å². The molecular weight excluding hydrogens is 789 g/mol. The van der Waals surface area contributed by atoms with Gasteiger partial charge in [0.05, 0.1) is 5.41 Å². The minimum absolute atomic E-state index is 0.600. The lowest BCUT2D eigenvalue weighted by atomic mass is 9.70. The van der Waals surface area contributed by atoms with E-state index in [-0.39, 0.29) is 0 Å². The van der Waals surface area contributed by atoms with E-state index in [1.165, 1.54) is 44.5 Å². The van der Waals surface area contributed by atoms with Crippen LogP contribution < -0.4 is 19.6 Å². The van der Waals surface area contributed by atoms with Crippen molar-refractivity contribution >= 4 is 45.5 Å². The van der Waals surface area contributed by atoms with E-state index in [2.05, 4.69) is 242 Å². The summed E-state index contributed by atoms with van der Waals surface area (Å²) < 4.78 is 0. The molecule has 0 amide bonds. The number of hydrogen-bond acceptors (Lipinski definition) is 4. The zero-order chi connectivity index (χ0) is 46.7. The molecule has 10 rings (SSSR count). The summed E-state index contributed by atoms with van der Waals surface area (Å²) in [6, 6.07) is 71.1. The lowest BCUT2D eigenvalue weighted by Crippen LogP contribution is -2.27. The van der Waals surface area contributed by atoms with Gasteiger partial charge in [0.1, 0.15) is 0 Å². The fourth-order valence-electron chi connectivity index (χ4n) is 9.22. The van der Waals surface area contributed by atoms with Gasteiger partial charge in [0.15, 0.2) is 0 Å². The topological polar surface area (TPSA) is 13.0 Å². The second kappa shape index (κ2) is 21.6. The number of fused-ring (bicyclic) bond motifs is 10. The maximum atomic E-state index is 2.46. The summed E-state index contributed by atoms with van der Waals surface area (Å²) >= 11 is 0. The number of hydrogen-bond donors (Lipinski definition) is 0. The highest BCUT2D eigenvalue weighted by Crippen LogP contribution is 2.64. The van der Waals surface area contributed by atoms with Crippen LogP contribution in [0.25, 0.3) is 22.3 Å². The number of anilines is 8. The molecule has 0 fully saturated rings. The molecule has 2 aliphatic carbocycles. The van der Waals surface area contributed by atoms with Gasteiger partial charge in [-0.25, -0.2) is 0 Å². The second-order valence-electron chi connectivity index (χ2n) is 15.2. The van der Waals surface area contributed by atoms with Crippen LogP contribution in [0.2, 0.25) is 0 Å². The molecule has 0 saturated heterocycles. The van der Waals surface area contributed by atoms with Gasteiger partial charge in [0.2, 0.25) is 0 Å². The number of benzene rings is 8. The molecule has 4 nitrogen and oxygen atoms in total. The van der Waals surface area contributed by atoms with Crippen LogP contribution in [0.4, 0.5) is 45.5 Å². The lowest BCUT2D eigenvalue weighted by molar-refractivity contribution is 0.792. The highest BCUT2D eigenvalue weighted by molar-refractivity contribution is 5.98. The molecule has 0 unspecified atom stereocenters. The van der Waals surface area contributed by atoms with Crippen LogP contribution in [0.1, 0.15) is 77.6 Å². The van der Waals surface area contributed by atoms with Crippen LogP contribution in [0, 0.1) is 0 Å². The SMILES string of the molecule is CC.CC.CC.CC.CN(c1ccccc1)c1ccc2c(c1)C1(c3cc(N(C)c4ccccc4)ccc3-2)c2cc(N(C)c3ccccc3)ccc2-c2ccc(N(C)c3ccccc3)cc21. The van der Waals surface area contributed by atoms with Crippen molar-refractivity contribution in [2.24, 2.45) is 0 Å². The molecule has 2 aliphatic rings. The largest absolute Gasteiger partial charge is 0.345 e. The van der Waals surface area contributed by atoms with Crippen molar-refractivity contribution in [3.63, 3.8) is 0 Å². The van der Waals surface area contributed by atoms with E-state index in [1.54, 1.807) is 0 Å². The molecule has 0 saturated carbocycles. The van der Waals surface area contributed by atoms with Crippen LogP contribution in [0.15, 0.2) is 194 Å². The quantitative estimate of drug-likeness (QED) is 0.151. The van der Waals surface area contributed by atoms with E-state index >= 15 is 0 Å². The fraction of sp³-hybridized carbons (Fsp3) is 0.213. The van der Waals surface area contributed by atoms with Crippen molar-refractivity contribution in [2.45, 2.75) is 60.8 Å². The van der Waals surface area contributed by atoms with E-state index in [4.69, 9.17) is 0 Å². The first kappa shape index (κ1) is 47.4. The Labute approximate surface area is 391 Å². The highest BCUT2D eigenvalue weighted by Gasteiger charge is 2.52. The van der Waals surface area contributed by atoms with Crippen LogP contribution in [-0.4, -0.2) is 28.2 Å². The molecule has 0 atom stereocenters. The van der Waals surface area contributed by atoms with Crippen molar-refractivity contribution in [3.8, 4) is 22.3 Å². The summed E-state index contributed by atoms with van der Waals surface area (Å²) in [5, 5.41) is 0. The highest BCUT2D eigenvalue weighted by atomic mass is 15.1. The lowest BCUT2D eigenvalue weighted by Gasteiger charge is -2.33. The molecule has 1 spiro atoms. The molecule has 0 radical (unpaired) electrons. The zero-order valence-electron chi connectivity index (χ0n) is 40.8. The zero-order valence-corrected chi connectivity index (χ0v) is 40.8. The average Bonchev–Trinajstić information content (AvgIpc) is 3.86. The Kier molecular flexibility index (Phi) is 15.7. The molecule has 332 valence electrons. The Morgan fingerprint density at radius 1 is 0.231 bits per heavy atom. The Hall–Kier alpha value is -7.04. The normalized spacial score (nSPS) is 11.5. The summed E-state index contributed by atoms with van der Waals surface area (Å²) in [6.45, 7) is 16.0. The Balaban J connectivity index is 0.000000831. The van der Waals surface area contributed by atoms with Crippen molar-refractivity contribution in [2.75, 3.05) is 47.8 Å². The third-order valence-corrected chi connectivity index (χ3v) is 12.3. The van der Waals surface area contributed by atoms with E-state index in [0.29, 0.717) is 0 Å². The molecule has 65 heavy (non-hydrogen) atoms. The van der Waals surface area contributed by atoms with Crippen molar-refractivity contribution in [1.82, 2.24) is 0 Å². The molecule has 0 aliphatic heterocycles. The van der Waals surface area contributed by atoms with Gasteiger partial charge in [-0.1, -0.05) is 152 Å². The van der Waals surface area contributed by atoms with Gasteiger partial charge in [-0.3, -0.25) is 0 Å². The third kappa shape index (κ3) is 8.66. The molecule has 8 aromatic carbocycles. The second-order valence-corrected chi connectivity index (χ2v) is 15.2. The Morgan fingerprint density at radius 3 is 0.600 bits per heavy atom. The molecule has 0 aromatic heterocycles. The van der Waals surface area contributed by atoms with E-state index in [0.717, 1.165) is 45.5 Å². The molecule has 4 heteroatoms. The van der Waals surface area contributed by atoms with E-state index in [9.17, 15) is 0 Å². The van der Waals surface area contributed by atoms with Gasteiger partial charge < -0.3 is 19.6 Å². The summed E-state index contributed by atoms with van der Waals surface area (Å²) in [5.74, 6) is 0. The summed E-state index contributed by atoms with van der Waals surface area (Å²) in [5.41, 5.74) is 18.9. The minimum Gasteiger partial charge on any atom is -0.345 e. The third-order valence-electron chi connectivity index (χ3n) is 12.3. The number of nitrogens with zero attached hydrogens (tertiary/aromatic N) is 4. The average molecular weight is 857 g/mol. The first-order valence-corrected chi connectivity index (χ1v) is 23.7. The minimum atomic E-state index is -0.600.